The molecule has 3 rings (SSSR count). The molecule has 1 aliphatic rings. The molecule has 0 unspecified atom stereocenters. The highest BCUT2D eigenvalue weighted by Gasteiger charge is 2.42. The molecule has 5 heteroatoms. The standard InChI is InChI=1S/C15H12O4S/c1-18-15(17)12-9-5-2-3-6-10(9)14(16)19-13(12)11-7-4-8-20-11/h2-8,12-13H,1H3/t12-,13+/m1/s1. The van der Waals surface area contributed by atoms with Gasteiger partial charge in [0, 0.05) is 4.88 Å². The molecule has 0 saturated heterocycles. The number of rotatable bonds is 2. The molecule has 0 aliphatic carbocycles. The lowest BCUT2D eigenvalue weighted by molar-refractivity contribution is -0.145. The molecule has 102 valence electrons. The fourth-order valence-corrected chi connectivity index (χ4v) is 3.21. The molecule has 2 aromatic rings. The highest BCUT2D eigenvalue weighted by atomic mass is 32.1. The summed E-state index contributed by atoms with van der Waals surface area (Å²) < 4.78 is 10.3. The van der Waals surface area contributed by atoms with E-state index in [9.17, 15) is 9.59 Å². The Morgan fingerprint density at radius 3 is 2.75 bits per heavy atom. The Balaban J connectivity index is 2.13. The predicted molar refractivity (Wildman–Crippen MR) is 73.7 cm³/mol. The van der Waals surface area contributed by atoms with Gasteiger partial charge in [0.1, 0.15) is 5.92 Å². The fraction of sp³-hybridized carbons (Fsp3) is 0.200. The lowest BCUT2D eigenvalue weighted by Gasteiger charge is -2.30. The first-order valence-corrected chi connectivity index (χ1v) is 7.01. The van der Waals surface area contributed by atoms with Crippen LogP contribution in [-0.4, -0.2) is 19.0 Å². The minimum atomic E-state index is -0.621. The Bertz CT molecular complexity index is 648. The van der Waals surface area contributed by atoms with Crippen molar-refractivity contribution >= 4 is 23.3 Å². The molecule has 1 aromatic carbocycles. The van der Waals surface area contributed by atoms with Gasteiger partial charge in [-0.3, -0.25) is 4.79 Å². The summed E-state index contributed by atoms with van der Waals surface area (Å²) in [6, 6.07) is 10.7. The second-order valence-electron chi connectivity index (χ2n) is 4.43. The van der Waals surface area contributed by atoms with E-state index in [0.29, 0.717) is 11.1 Å². The highest BCUT2D eigenvalue weighted by Crippen LogP contribution is 2.42. The van der Waals surface area contributed by atoms with Gasteiger partial charge in [0.25, 0.3) is 0 Å². The van der Waals surface area contributed by atoms with Crippen LogP contribution in [0.4, 0.5) is 0 Å². The Kier molecular flexibility index (Phi) is 3.28. The van der Waals surface area contributed by atoms with Gasteiger partial charge in [0.2, 0.25) is 0 Å². The Morgan fingerprint density at radius 2 is 2.05 bits per heavy atom. The van der Waals surface area contributed by atoms with Crippen LogP contribution in [0.2, 0.25) is 0 Å². The summed E-state index contributed by atoms with van der Waals surface area (Å²) in [5, 5.41) is 1.89. The SMILES string of the molecule is COC(=O)[C@@H]1c2ccccc2C(=O)O[C@H]1c1cccs1. The minimum absolute atomic E-state index is 0.400. The number of cyclic esters (lactones) is 1. The Morgan fingerprint density at radius 1 is 1.25 bits per heavy atom. The number of carbonyl (C=O) groups excluding carboxylic acids is 2. The average Bonchev–Trinajstić information content (AvgIpc) is 3.00. The summed E-state index contributed by atoms with van der Waals surface area (Å²) in [6.45, 7) is 0. The molecule has 1 aliphatic heterocycles. The zero-order chi connectivity index (χ0) is 14.1. The molecule has 0 fully saturated rings. The van der Waals surface area contributed by atoms with E-state index in [0.717, 1.165) is 4.88 Å². The summed E-state index contributed by atoms with van der Waals surface area (Å²) in [5.41, 5.74) is 1.09. The van der Waals surface area contributed by atoms with Crippen LogP contribution in [-0.2, 0) is 14.3 Å². The minimum Gasteiger partial charge on any atom is -0.468 e. The number of fused-ring (bicyclic) bond motifs is 1. The van der Waals surface area contributed by atoms with E-state index in [1.165, 1.54) is 18.4 Å². The van der Waals surface area contributed by atoms with Gasteiger partial charge < -0.3 is 9.47 Å². The number of esters is 2. The van der Waals surface area contributed by atoms with Crippen molar-refractivity contribution in [3.05, 3.63) is 57.8 Å². The number of hydrogen-bond donors (Lipinski definition) is 0. The van der Waals surface area contributed by atoms with Crippen molar-refractivity contribution in [2.75, 3.05) is 7.11 Å². The number of hydrogen-bond acceptors (Lipinski definition) is 5. The van der Waals surface area contributed by atoms with Gasteiger partial charge in [-0.25, -0.2) is 4.79 Å². The summed E-state index contributed by atoms with van der Waals surface area (Å²) in [6.07, 6.45) is -0.621. The summed E-state index contributed by atoms with van der Waals surface area (Å²) in [5.74, 6) is -1.42. The largest absolute Gasteiger partial charge is 0.468 e. The van der Waals surface area contributed by atoms with Crippen molar-refractivity contribution in [3.8, 4) is 0 Å². The normalized spacial score (nSPS) is 20.9. The molecular formula is C15H12O4S. The first-order chi connectivity index (χ1) is 9.72. The zero-order valence-corrected chi connectivity index (χ0v) is 11.6. The van der Waals surface area contributed by atoms with Gasteiger partial charge in [0.05, 0.1) is 12.7 Å². The topological polar surface area (TPSA) is 52.6 Å². The number of ether oxygens (including phenoxy) is 2. The number of thiophene rings is 1. The second kappa shape index (κ2) is 5.09. The van der Waals surface area contributed by atoms with Gasteiger partial charge >= 0.3 is 11.9 Å². The third-order valence-corrected chi connectivity index (χ3v) is 4.27. The van der Waals surface area contributed by atoms with Crippen LogP contribution in [0.25, 0.3) is 0 Å². The molecule has 4 nitrogen and oxygen atoms in total. The number of benzene rings is 1. The summed E-state index contributed by atoms with van der Waals surface area (Å²) in [4.78, 5) is 25.0. The maximum Gasteiger partial charge on any atom is 0.339 e. The van der Waals surface area contributed by atoms with Crippen molar-refractivity contribution in [1.82, 2.24) is 0 Å². The predicted octanol–water partition coefficient (Wildman–Crippen LogP) is 2.92. The van der Waals surface area contributed by atoms with Gasteiger partial charge in [0.15, 0.2) is 6.10 Å². The van der Waals surface area contributed by atoms with E-state index in [-0.39, 0.29) is 0 Å². The van der Waals surface area contributed by atoms with Crippen LogP contribution < -0.4 is 0 Å². The molecule has 0 N–H and O–H groups in total. The van der Waals surface area contributed by atoms with Crippen LogP contribution in [0.15, 0.2) is 41.8 Å². The summed E-state index contributed by atoms with van der Waals surface area (Å²) in [7, 11) is 1.34. The van der Waals surface area contributed by atoms with E-state index < -0.39 is 24.0 Å². The maximum atomic E-state index is 12.1. The molecule has 2 atom stereocenters. The number of carbonyl (C=O) groups is 2. The van der Waals surface area contributed by atoms with Crippen LogP contribution in [0.3, 0.4) is 0 Å². The molecule has 0 spiro atoms. The van der Waals surface area contributed by atoms with E-state index >= 15 is 0 Å². The number of methoxy groups -OCH3 is 1. The van der Waals surface area contributed by atoms with Crippen molar-refractivity contribution in [3.63, 3.8) is 0 Å². The third-order valence-electron chi connectivity index (χ3n) is 3.33. The van der Waals surface area contributed by atoms with E-state index in [4.69, 9.17) is 9.47 Å². The average molecular weight is 288 g/mol. The van der Waals surface area contributed by atoms with Crippen molar-refractivity contribution < 1.29 is 19.1 Å². The first-order valence-electron chi connectivity index (χ1n) is 6.13. The van der Waals surface area contributed by atoms with Gasteiger partial charge in [-0.15, -0.1) is 11.3 Å². The van der Waals surface area contributed by atoms with E-state index in [2.05, 4.69) is 0 Å². The van der Waals surface area contributed by atoms with Crippen LogP contribution in [0.1, 0.15) is 32.8 Å². The maximum absolute atomic E-state index is 12.1. The molecular weight excluding hydrogens is 276 g/mol. The third kappa shape index (κ3) is 2.00. The zero-order valence-electron chi connectivity index (χ0n) is 10.7. The quantitative estimate of drug-likeness (QED) is 0.797. The van der Waals surface area contributed by atoms with Gasteiger partial charge in [-0.05, 0) is 23.1 Å². The second-order valence-corrected chi connectivity index (χ2v) is 5.41. The fourth-order valence-electron chi connectivity index (χ4n) is 2.42. The van der Waals surface area contributed by atoms with Crippen molar-refractivity contribution in [1.29, 1.82) is 0 Å². The van der Waals surface area contributed by atoms with E-state index in [1.54, 1.807) is 24.3 Å². The van der Waals surface area contributed by atoms with Crippen LogP contribution >= 0.6 is 11.3 Å². The van der Waals surface area contributed by atoms with Crippen molar-refractivity contribution in [2.45, 2.75) is 12.0 Å². The molecule has 20 heavy (non-hydrogen) atoms. The lowest BCUT2D eigenvalue weighted by atomic mass is 9.86. The van der Waals surface area contributed by atoms with Crippen LogP contribution in [0, 0.1) is 0 Å². The Labute approximate surface area is 119 Å². The van der Waals surface area contributed by atoms with Crippen molar-refractivity contribution in [2.24, 2.45) is 0 Å². The molecule has 2 heterocycles. The smallest absolute Gasteiger partial charge is 0.339 e. The molecule has 0 amide bonds. The molecule has 1 aromatic heterocycles. The lowest BCUT2D eigenvalue weighted by Crippen LogP contribution is -2.31. The monoisotopic (exact) mass is 288 g/mol. The van der Waals surface area contributed by atoms with Gasteiger partial charge in [-0.2, -0.15) is 0 Å². The first kappa shape index (κ1) is 12.9. The highest BCUT2D eigenvalue weighted by molar-refractivity contribution is 7.10. The molecule has 0 saturated carbocycles. The van der Waals surface area contributed by atoms with Crippen LogP contribution in [0.5, 0.6) is 0 Å². The van der Waals surface area contributed by atoms with Gasteiger partial charge in [-0.1, -0.05) is 24.3 Å². The molecule has 0 bridgehead atoms. The summed E-state index contributed by atoms with van der Waals surface area (Å²) >= 11 is 1.45. The Hall–Kier alpha value is -2.14. The van der Waals surface area contributed by atoms with E-state index in [1.807, 2.05) is 17.5 Å². The molecule has 0 radical (unpaired) electrons.